The molecule has 0 unspecified atom stereocenters. The summed E-state index contributed by atoms with van der Waals surface area (Å²) in [6, 6.07) is 2.02. The minimum absolute atomic E-state index is 0.527. The van der Waals surface area contributed by atoms with Gasteiger partial charge in [0.15, 0.2) is 0 Å². The third-order valence-electron chi connectivity index (χ3n) is 1.24. The van der Waals surface area contributed by atoms with Crippen LogP contribution in [0.2, 0.25) is 0 Å². The third-order valence-corrected chi connectivity index (χ3v) is 1.95. The molecule has 0 aliphatic carbocycles. The number of rotatable bonds is 1. The molecule has 0 aromatic carbocycles. The first-order chi connectivity index (χ1) is 4.79. The maximum atomic E-state index is 8.56. The highest BCUT2D eigenvalue weighted by atomic mass is 32.1. The van der Waals surface area contributed by atoms with E-state index in [4.69, 9.17) is 11.0 Å². The van der Waals surface area contributed by atoms with Gasteiger partial charge in [0, 0.05) is 0 Å². The Morgan fingerprint density at radius 3 is 2.90 bits per heavy atom. The third kappa shape index (κ3) is 0.957. The Kier molecular flexibility index (Phi) is 1.88. The van der Waals surface area contributed by atoms with Crippen molar-refractivity contribution >= 4 is 16.5 Å². The molecule has 0 fully saturated rings. The van der Waals surface area contributed by atoms with E-state index in [-0.39, 0.29) is 0 Å². The van der Waals surface area contributed by atoms with E-state index in [1.807, 2.05) is 13.0 Å². The monoisotopic (exact) mass is 153 g/mol. The number of anilines is 1. The molecule has 0 radical (unpaired) electrons. The lowest BCUT2D eigenvalue weighted by atomic mass is 10.2. The molecule has 0 saturated heterocycles. The molecule has 4 heteroatoms. The van der Waals surface area contributed by atoms with Crippen molar-refractivity contribution in [1.29, 1.82) is 5.26 Å². The van der Waals surface area contributed by atoms with Crippen LogP contribution in [-0.2, 0) is 6.42 Å². The Labute approximate surface area is 63.3 Å². The van der Waals surface area contributed by atoms with Crippen LogP contribution in [0.15, 0.2) is 0 Å². The molecule has 0 aliphatic rings. The molecule has 0 saturated carbocycles. The average molecular weight is 153 g/mol. The van der Waals surface area contributed by atoms with Crippen molar-refractivity contribution in [3.8, 4) is 6.07 Å². The molecular formula is C6H7N3S. The Morgan fingerprint density at radius 2 is 2.50 bits per heavy atom. The van der Waals surface area contributed by atoms with Gasteiger partial charge in [-0.3, -0.25) is 0 Å². The minimum Gasteiger partial charge on any atom is -0.388 e. The van der Waals surface area contributed by atoms with Crippen LogP contribution in [0.1, 0.15) is 18.2 Å². The molecule has 1 aromatic rings. The summed E-state index contributed by atoms with van der Waals surface area (Å²) in [5.41, 5.74) is 6.82. The van der Waals surface area contributed by atoms with Crippen molar-refractivity contribution in [2.75, 3.05) is 5.73 Å². The number of nitrogen functional groups attached to an aromatic ring is 1. The molecule has 0 atom stereocenters. The summed E-state index contributed by atoms with van der Waals surface area (Å²) in [7, 11) is 0. The van der Waals surface area contributed by atoms with Crippen LogP contribution in [0.25, 0.3) is 0 Å². The van der Waals surface area contributed by atoms with Crippen molar-refractivity contribution in [2.24, 2.45) is 0 Å². The number of nitrogens with two attached hydrogens (primary N) is 1. The van der Waals surface area contributed by atoms with Gasteiger partial charge in [-0.2, -0.15) is 9.64 Å². The predicted molar refractivity (Wildman–Crippen MR) is 40.6 cm³/mol. The van der Waals surface area contributed by atoms with Gasteiger partial charge in [-0.25, -0.2) is 0 Å². The zero-order valence-corrected chi connectivity index (χ0v) is 6.40. The van der Waals surface area contributed by atoms with Crippen molar-refractivity contribution in [2.45, 2.75) is 13.3 Å². The van der Waals surface area contributed by atoms with E-state index in [1.54, 1.807) is 0 Å². The van der Waals surface area contributed by atoms with Crippen LogP contribution < -0.4 is 5.73 Å². The van der Waals surface area contributed by atoms with Gasteiger partial charge in [-0.1, -0.05) is 6.92 Å². The molecule has 0 amide bonds. The van der Waals surface area contributed by atoms with Crippen LogP contribution >= 0.6 is 11.5 Å². The lowest BCUT2D eigenvalue weighted by molar-refractivity contribution is 1.08. The number of aromatic nitrogens is 1. The largest absolute Gasteiger partial charge is 0.388 e. The van der Waals surface area contributed by atoms with Crippen molar-refractivity contribution in [3.05, 3.63) is 11.3 Å². The number of hydrogen-bond donors (Lipinski definition) is 1. The highest BCUT2D eigenvalue weighted by Crippen LogP contribution is 2.19. The molecule has 0 bridgehead atoms. The van der Waals surface area contributed by atoms with Gasteiger partial charge in [0.05, 0.1) is 5.69 Å². The maximum absolute atomic E-state index is 8.56. The van der Waals surface area contributed by atoms with E-state index in [1.165, 1.54) is 11.5 Å². The fourth-order valence-electron chi connectivity index (χ4n) is 0.699. The quantitative estimate of drug-likeness (QED) is 0.658. The number of nitrogens with zero attached hydrogens (tertiary/aromatic N) is 2. The Morgan fingerprint density at radius 1 is 1.80 bits per heavy atom. The SMILES string of the molecule is CCc1nsc(N)c1C#N. The van der Waals surface area contributed by atoms with Crippen molar-refractivity contribution in [3.63, 3.8) is 0 Å². The van der Waals surface area contributed by atoms with Crippen LogP contribution in [0.3, 0.4) is 0 Å². The lowest BCUT2D eigenvalue weighted by Gasteiger charge is -1.86. The summed E-state index contributed by atoms with van der Waals surface area (Å²) < 4.78 is 4.00. The fourth-order valence-corrected chi connectivity index (χ4v) is 1.38. The summed E-state index contributed by atoms with van der Waals surface area (Å²) in [6.07, 6.45) is 0.774. The maximum Gasteiger partial charge on any atom is 0.125 e. The molecule has 1 rings (SSSR count). The molecule has 3 nitrogen and oxygen atoms in total. The second-order valence-electron chi connectivity index (χ2n) is 1.83. The average Bonchev–Trinajstić information content (AvgIpc) is 2.30. The molecule has 0 spiro atoms. The van der Waals surface area contributed by atoms with Crippen molar-refractivity contribution < 1.29 is 0 Å². The Balaban J connectivity index is 3.17. The summed E-state index contributed by atoms with van der Waals surface area (Å²) in [4.78, 5) is 0. The van der Waals surface area contributed by atoms with Gasteiger partial charge < -0.3 is 5.73 Å². The van der Waals surface area contributed by atoms with E-state index in [9.17, 15) is 0 Å². The van der Waals surface area contributed by atoms with Crippen molar-refractivity contribution in [1.82, 2.24) is 4.37 Å². The molecular weight excluding hydrogens is 146 g/mol. The van der Waals surface area contributed by atoms with E-state index in [0.717, 1.165) is 12.1 Å². The minimum atomic E-state index is 0.527. The van der Waals surface area contributed by atoms with Gasteiger partial charge >= 0.3 is 0 Å². The van der Waals surface area contributed by atoms with Crippen LogP contribution in [0.4, 0.5) is 5.00 Å². The summed E-state index contributed by atoms with van der Waals surface area (Å²) >= 11 is 1.19. The summed E-state index contributed by atoms with van der Waals surface area (Å²) in [5.74, 6) is 0. The number of hydrogen-bond acceptors (Lipinski definition) is 4. The summed E-state index contributed by atoms with van der Waals surface area (Å²) in [5, 5.41) is 9.08. The molecule has 0 aliphatic heterocycles. The zero-order chi connectivity index (χ0) is 7.56. The molecule has 52 valence electrons. The first-order valence-corrected chi connectivity index (χ1v) is 3.71. The Bertz CT molecular complexity index is 271. The van der Waals surface area contributed by atoms with Gasteiger partial charge in [0.25, 0.3) is 0 Å². The van der Waals surface area contributed by atoms with E-state index < -0.39 is 0 Å². The first kappa shape index (κ1) is 7.03. The van der Waals surface area contributed by atoms with E-state index in [0.29, 0.717) is 10.6 Å². The van der Waals surface area contributed by atoms with Gasteiger partial charge in [0.2, 0.25) is 0 Å². The number of nitriles is 1. The molecule has 2 N–H and O–H groups in total. The van der Waals surface area contributed by atoms with Crippen LogP contribution in [0, 0.1) is 11.3 Å². The highest BCUT2D eigenvalue weighted by Gasteiger charge is 2.07. The fraction of sp³-hybridized carbons (Fsp3) is 0.333. The van der Waals surface area contributed by atoms with Gasteiger partial charge in [0.1, 0.15) is 16.6 Å². The topological polar surface area (TPSA) is 62.7 Å². The normalized spacial score (nSPS) is 9.20. The Hall–Kier alpha value is -1.08. The van der Waals surface area contributed by atoms with Crippen LogP contribution in [0.5, 0.6) is 0 Å². The second-order valence-corrected chi connectivity index (χ2v) is 2.64. The highest BCUT2D eigenvalue weighted by molar-refractivity contribution is 7.10. The standard InChI is InChI=1S/C6H7N3S/c1-2-5-4(3-7)6(8)10-9-5/h2,8H2,1H3. The van der Waals surface area contributed by atoms with Gasteiger partial charge in [-0.05, 0) is 18.0 Å². The second kappa shape index (κ2) is 2.67. The van der Waals surface area contributed by atoms with Gasteiger partial charge in [-0.15, -0.1) is 0 Å². The van der Waals surface area contributed by atoms with E-state index >= 15 is 0 Å². The van der Waals surface area contributed by atoms with E-state index in [2.05, 4.69) is 4.37 Å². The zero-order valence-electron chi connectivity index (χ0n) is 5.59. The predicted octanol–water partition coefficient (Wildman–Crippen LogP) is 1.16. The smallest absolute Gasteiger partial charge is 0.125 e. The van der Waals surface area contributed by atoms with Crippen LogP contribution in [-0.4, -0.2) is 4.37 Å². The lowest BCUT2D eigenvalue weighted by Crippen LogP contribution is -1.87. The molecule has 1 aromatic heterocycles. The molecule has 1 heterocycles. The first-order valence-electron chi connectivity index (χ1n) is 2.93. The number of aryl methyl sites for hydroxylation is 1. The summed E-state index contributed by atoms with van der Waals surface area (Å²) in [6.45, 7) is 1.95. The molecule has 10 heavy (non-hydrogen) atoms.